The van der Waals surface area contributed by atoms with Crippen molar-refractivity contribution in [1.29, 1.82) is 0 Å². The van der Waals surface area contributed by atoms with Crippen molar-refractivity contribution in [2.45, 2.75) is 39.3 Å². The number of benzene rings is 1. The molecule has 0 spiro atoms. The van der Waals surface area contributed by atoms with Crippen LogP contribution in [0.3, 0.4) is 0 Å². The van der Waals surface area contributed by atoms with E-state index in [1.165, 1.54) is 7.11 Å². The number of nitrogens with zero attached hydrogens (tertiary/aromatic N) is 1. The van der Waals surface area contributed by atoms with Crippen LogP contribution in [0.25, 0.3) is 0 Å². The smallest absolute Gasteiger partial charge is 0.339 e. The summed E-state index contributed by atoms with van der Waals surface area (Å²) >= 11 is 3.32. The molecule has 0 saturated carbocycles. The lowest BCUT2D eigenvalue weighted by atomic mass is 10.1. The van der Waals surface area contributed by atoms with Crippen molar-refractivity contribution in [3.63, 3.8) is 0 Å². The van der Waals surface area contributed by atoms with Crippen molar-refractivity contribution in [2.24, 2.45) is 0 Å². The number of Topliss-reactive ketones (excluding diaryl/α,β-unsaturated/α-hetero) is 1. The van der Waals surface area contributed by atoms with Crippen LogP contribution in [0.4, 0.5) is 0 Å². The highest BCUT2D eigenvalue weighted by Crippen LogP contribution is 2.24. The third kappa shape index (κ3) is 4.47. The van der Waals surface area contributed by atoms with Crippen molar-refractivity contribution in [2.75, 3.05) is 20.3 Å². The van der Waals surface area contributed by atoms with E-state index in [4.69, 9.17) is 14.2 Å². The summed E-state index contributed by atoms with van der Waals surface area (Å²) < 4.78 is 18.8. The maximum atomic E-state index is 12.7. The number of aryl methyl sites for hydroxylation is 1. The van der Waals surface area contributed by atoms with Crippen LogP contribution in [-0.2, 0) is 16.0 Å². The molecule has 0 amide bonds. The van der Waals surface area contributed by atoms with E-state index in [0.717, 1.165) is 37.4 Å². The minimum atomic E-state index is -0.577. The van der Waals surface area contributed by atoms with Gasteiger partial charge in [-0.3, -0.25) is 4.79 Å². The van der Waals surface area contributed by atoms with Gasteiger partial charge >= 0.3 is 5.97 Å². The molecular weight excluding hydrogens is 426 g/mol. The third-order valence-electron chi connectivity index (χ3n) is 5.01. The van der Waals surface area contributed by atoms with Gasteiger partial charge in [-0.15, -0.1) is 0 Å². The summed E-state index contributed by atoms with van der Waals surface area (Å²) in [5.41, 5.74) is 2.76. The van der Waals surface area contributed by atoms with Crippen LogP contribution in [0, 0.1) is 13.8 Å². The van der Waals surface area contributed by atoms with E-state index in [1.807, 2.05) is 19.9 Å². The molecule has 1 aliphatic heterocycles. The number of halogens is 1. The Hall–Kier alpha value is -2.12. The van der Waals surface area contributed by atoms with Gasteiger partial charge < -0.3 is 18.8 Å². The fraction of sp³-hybridized carbons (Fsp3) is 0.429. The highest BCUT2D eigenvalue weighted by atomic mass is 79.9. The van der Waals surface area contributed by atoms with Crippen LogP contribution in [0.2, 0.25) is 0 Å². The van der Waals surface area contributed by atoms with Crippen LogP contribution >= 0.6 is 15.9 Å². The molecule has 6 nitrogen and oxygen atoms in total. The highest BCUT2D eigenvalue weighted by Gasteiger charge is 2.22. The van der Waals surface area contributed by atoms with Crippen molar-refractivity contribution < 1.29 is 23.8 Å². The molecule has 7 heteroatoms. The molecule has 0 N–H and O–H groups in total. The zero-order valence-corrected chi connectivity index (χ0v) is 17.9. The minimum Gasteiger partial charge on any atom is -0.497 e. The Kier molecular flexibility index (Phi) is 6.57. The lowest BCUT2D eigenvalue weighted by molar-refractivity contribution is 0.0473. The first-order chi connectivity index (χ1) is 13.4. The standard InChI is InChI=1S/C21H24BrNO5/c1-13-9-17(14(2)23(13)11-16-5-4-8-27-16)20(24)12-28-21(25)18-10-15(26-3)6-7-19(18)22/h6-7,9-10,16H,4-5,8,11-12H2,1-3H3. The van der Waals surface area contributed by atoms with Crippen LogP contribution in [0.15, 0.2) is 28.7 Å². The summed E-state index contributed by atoms with van der Waals surface area (Å²) in [6.07, 6.45) is 2.30. The predicted octanol–water partition coefficient (Wildman–Crippen LogP) is 4.09. The average Bonchev–Trinajstić information content (AvgIpc) is 3.30. The molecule has 1 saturated heterocycles. The summed E-state index contributed by atoms with van der Waals surface area (Å²) in [4.78, 5) is 25.0. The van der Waals surface area contributed by atoms with Gasteiger partial charge in [0.15, 0.2) is 6.61 Å². The number of rotatable bonds is 7. The number of hydrogen-bond acceptors (Lipinski definition) is 5. The third-order valence-corrected chi connectivity index (χ3v) is 5.70. The Balaban J connectivity index is 1.67. The average molecular weight is 450 g/mol. The Morgan fingerprint density at radius 1 is 1.25 bits per heavy atom. The van der Waals surface area contributed by atoms with Crippen LogP contribution in [0.1, 0.15) is 44.9 Å². The summed E-state index contributed by atoms with van der Waals surface area (Å²) in [6, 6.07) is 6.86. The maximum absolute atomic E-state index is 12.7. The second kappa shape index (κ2) is 8.92. The van der Waals surface area contributed by atoms with Crippen LogP contribution in [-0.4, -0.2) is 42.7 Å². The fourth-order valence-electron chi connectivity index (χ4n) is 3.43. The summed E-state index contributed by atoms with van der Waals surface area (Å²) in [6.45, 7) is 5.10. The van der Waals surface area contributed by atoms with E-state index < -0.39 is 5.97 Å². The molecule has 0 radical (unpaired) electrons. The second-order valence-corrected chi connectivity index (χ2v) is 7.73. The zero-order chi connectivity index (χ0) is 20.3. The van der Waals surface area contributed by atoms with Crippen LogP contribution < -0.4 is 4.74 Å². The van der Waals surface area contributed by atoms with Gasteiger partial charge in [-0.2, -0.15) is 0 Å². The molecule has 1 unspecified atom stereocenters. The van der Waals surface area contributed by atoms with Gasteiger partial charge in [-0.1, -0.05) is 0 Å². The molecule has 1 aromatic carbocycles. The molecular formula is C21H24BrNO5. The SMILES string of the molecule is COc1ccc(Br)c(C(=O)OCC(=O)c2cc(C)n(CC3CCCO3)c2C)c1. The van der Waals surface area contributed by atoms with Gasteiger partial charge in [0.25, 0.3) is 0 Å². The molecule has 2 aromatic rings. The number of methoxy groups -OCH3 is 1. The largest absolute Gasteiger partial charge is 0.497 e. The summed E-state index contributed by atoms with van der Waals surface area (Å²) in [7, 11) is 1.52. The molecule has 0 aliphatic carbocycles. The number of aromatic nitrogens is 1. The first kappa shape index (κ1) is 20.6. The summed E-state index contributed by atoms with van der Waals surface area (Å²) in [5, 5.41) is 0. The quantitative estimate of drug-likeness (QED) is 0.470. The van der Waals surface area contributed by atoms with Gasteiger partial charge in [0, 0.05) is 34.6 Å². The molecule has 0 bridgehead atoms. The molecule has 1 fully saturated rings. The van der Waals surface area contributed by atoms with Crippen molar-refractivity contribution >= 4 is 27.7 Å². The maximum Gasteiger partial charge on any atom is 0.339 e. The van der Waals surface area contributed by atoms with E-state index in [-0.39, 0.29) is 18.5 Å². The number of carbonyl (C=O) groups is 2. The van der Waals surface area contributed by atoms with Crippen LogP contribution in [0.5, 0.6) is 5.75 Å². The Morgan fingerprint density at radius 2 is 2.04 bits per heavy atom. The Labute approximate surface area is 172 Å². The number of hydrogen-bond donors (Lipinski definition) is 0. The van der Waals surface area contributed by atoms with Gasteiger partial charge in [-0.05, 0) is 66.9 Å². The van der Waals surface area contributed by atoms with E-state index in [2.05, 4.69) is 20.5 Å². The van der Waals surface area contributed by atoms with Crippen molar-refractivity contribution in [3.8, 4) is 5.75 Å². The van der Waals surface area contributed by atoms with E-state index in [0.29, 0.717) is 21.3 Å². The number of ether oxygens (including phenoxy) is 3. The van der Waals surface area contributed by atoms with Gasteiger partial charge in [-0.25, -0.2) is 4.79 Å². The van der Waals surface area contributed by atoms with Crippen molar-refractivity contribution in [1.82, 2.24) is 4.57 Å². The van der Waals surface area contributed by atoms with E-state index >= 15 is 0 Å². The Morgan fingerprint density at radius 3 is 2.71 bits per heavy atom. The fourth-order valence-corrected chi connectivity index (χ4v) is 3.84. The first-order valence-electron chi connectivity index (χ1n) is 9.23. The van der Waals surface area contributed by atoms with E-state index in [1.54, 1.807) is 18.2 Å². The molecule has 1 aliphatic rings. The predicted molar refractivity (Wildman–Crippen MR) is 108 cm³/mol. The number of esters is 1. The molecule has 1 atom stereocenters. The molecule has 3 rings (SSSR count). The molecule has 28 heavy (non-hydrogen) atoms. The highest BCUT2D eigenvalue weighted by molar-refractivity contribution is 9.10. The topological polar surface area (TPSA) is 66.8 Å². The first-order valence-corrected chi connectivity index (χ1v) is 10.0. The second-order valence-electron chi connectivity index (χ2n) is 6.88. The van der Waals surface area contributed by atoms with Gasteiger partial charge in [0.05, 0.1) is 18.8 Å². The minimum absolute atomic E-state index is 0.191. The lowest BCUT2D eigenvalue weighted by Crippen LogP contribution is -2.18. The number of carbonyl (C=O) groups excluding carboxylic acids is 2. The van der Waals surface area contributed by atoms with E-state index in [9.17, 15) is 9.59 Å². The summed E-state index contributed by atoms with van der Waals surface area (Å²) in [5.74, 6) is -0.259. The van der Waals surface area contributed by atoms with Gasteiger partial charge in [0.2, 0.25) is 5.78 Å². The Bertz CT molecular complexity index is 883. The van der Waals surface area contributed by atoms with Crippen molar-refractivity contribution in [3.05, 3.63) is 51.3 Å². The molecule has 1 aromatic heterocycles. The molecule has 150 valence electrons. The van der Waals surface area contributed by atoms with Gasteiger partial charge in [0.1, 0.15) is 5.75 Å². The zero-order valence-electron chi connectivity index (χ0n) is 16.3. The number of ketones is 1. The lowest BCUT2D eigenvalue weighted by Gasteiger charge is -2.14. The molecule has 2 heterocycles. The normalized spacial score (nSPS) is 16.2. The monoisotopic (exact) mass is 449 g/mol.